The number of rotatable bonds is 0. The van der Waals surface area contributed by atoms with Crippen LogP contribution < -0.4 is 10.9 Å². The summed E-state index contributed by atoms with van der Waals surface area (Å²) in [4.78, 5) is 13.8. The van der Waals surface area contributed by atoms with E-state index in [0.29, 0.717) is 0 Å². The van der Waals surface area contributed by atoms with E-state index in [1.807, 2.05) is 73.2 Å². The lowest BCUT2D eigenvalue weighted by Crippen LogP contribution is -2.38. The monoisotopic (exact) mass is 418 g/mol. The Bertz CT molecular complexity index is 937. The van der Waals surface area contributed by atoms with Gasteiger partial charge in [0, 0.05) is 51.0 Å². The summed E-state index contributed by atoms with van der Waals surface area (Å²) in [7, 11) is 1.93. The molecule has 0 radical (unpaired) electrons. The molecule has 3 heterocycles. The summed E-state index contributed by atoms with van der Waals surface area (Å²) in [6, 6.07) is 7.93. The quantitative estimate of drug-likeness (QED) is 0.668. The predicted molar refractivity (Wildman–Crippen MR) is 128 cm³/mol. The number of ether oxygens (including phenoxy) is 1. The molecule has 0 saturated carbocycles. The maximum absolute atomic E-state index is 6.10. The third kappa shape index (κ3) is 5.77. The van der Waals surface area contributed by atoms with Crippen molar-refractivity contribution in [1.29, 1.82) is 0 Å². The van der Waals surface area contributed by atoms with Gasteiger partial charge in [0.05, 0.1) is 22.7 Å². The van der Waals surface area contributed by atoms with Gasteiger partial charge in [-0.05, 0) is 62.1 Å². The Morgan fingerprint density at radius 2 is 1.81 bits per heavy atom. The van der Waals surface area contributed by atoms with Gasteiger partial charge in [-0.25, -0.2) is 0 Å². The van der Waals surface area contributed by atoms with Crippen LogP contribution >= 0.6 is 0 Å². The van der Waals surface area contributed by atoms with E-state index in [1.165, 1.54) is 0 Å². The summed E-state index contributed by atoms with van der Waals surface area (Å²) in [6.45, 7) is 2.36. The van der Waals surface area contributed by atoms with Crippen LogP contribution in [0.15, 0.2) is 74.8 Å². The lowest BCUT2D eigenvalue weighted by molar-refractivity contribution is -0.00538. The Balaban J connectivity index is 1.60. The van der Waals surface area contributed by atoms with Gasteiger partial charge in [0.1, 0.15) is 0 Å². The first-order chi connectivity index (χ1) is 15.2. The molecule has 0 bridgehead atoms. The van der Waals surface area contributed by atoms with Crippen LogP contribution in [0.25, 0.3) is 0 Å². The number of allylic oxidation sites excluding steroid dienone is 5. The third-order valence-corrected chi connectivity index (χ3v) is 5.63. The lowest BCUT2D eigenvalue weighted by atomic mass is 9.92. The SMILES string of the molecule is CN1NC(=C2C=NCCC3(CCCO3)CCN=C/C=C\2)/C=C/C=Nc2ccccc2N1. The van der Waals surface area contributed by atoms with Crippen molar-refractivity contribution in [2.45, 2.75) is 31.3 Å². The molecule has 3 aliphatic heterocycles. The lowest BCUT2D eigenvalue weighted by Gasteiger charge is -2.27. The van der Waals surface area contributed by atoms with Gasteiger partial charge in [-0.3, -0.25) is 20.4 Å². The Kier molecular flexibility index (Phi) is 7.07. The molecule has 1 fully saturated rings. The standard InChI is InChI=1S/C24H30N6O/c1-30-28-21(10-5-15-27-22-8-2-3-9-23(22)29-30)20-7-4-14-25-16-12-24(11-6-18-31-24)13-17-26-19-20/h2-5,7-10,14-15,19,28-29H,6,11-13,16-18H2,1H3/b7-4-,10-5+,21-20-,25-14?,26-19?,27-15?. The smallest absolute Gasteiger partial charge is 0.0874 e. The predicted octanol–water partition coefficient (Wildman–Crippen LogP) is 4.02. The zero-order chi connectivity index (χ0) is 21.4. The summed E-state index contributed by atoms with van der Waals surface area (Å²) in [5.74, 6) is 0. The van der Waals surface area contributed by atoms with Crippen molar-refractivity contribution < 1.29 is 4.74 Å². The molecule has 7 nitrogen and oxygen atoms in total. The molecule has 1 atom stereocenters. The number of hydrogen-bond acceptors (Lipinski definition) is 7. The number of nitrogens with zero attached hydrogens (tertiary/aromatic N) is 4. The molecule has 1 aromatic rings. The van der Waals surface area contributed by atoms with E-state index in [1.54, 1.807) is 6.21 Å². The fourth-order valence-corrected chi connectivity index (χ4v) is 3.99. The van der Waals surface area contributed by atoms with Crippen molar-refractivity contribution in [2.75, 3.05) is 32.2 Å². The van der Waals surface area contributed by atoms with Gasteiger partial charge in [-0.2, -0.15) is 0 Å². The van der Waals surface area contributed by atoms with E-state index in [4.69, 9.17) is 9.73 Å². The van der Waals surface area contributed by atoms with Crippen molar-refractivity contribution >= 4 is 30.0 Å². The van der Waals surface area contributed by atoms with Crippen LogP contribution in [0.3, 0.4) is 0 Å². The molecule has 2 N–H and O–H groups in total. The van der Waals surface area contributed by atoms with Crippen LogP contribution in [0.1, 0.15) is 25.7 Å². The van der Waals surface area contributed by atoms with Gasteiger partial charge in [-0.1, -0.05) is 12.1 Å². The molecule has 1 spiro atoms. The number of hydrazine groups is 2. The number of anilines is 1. The second-order valence-electron chi connectivity index (χ2n) is 7.89. The molecule has 1 saturated heterocycles. The number of hydrogen-bond donors (Lipinski definition) is 2. The van der Waals surface area contributed by atoms with Crippen molar-refractivity contribution in [3.8, 4) is 0 Å². The van der Waals surface area contributed by atoms with Crippen molar-refractivity contribution in [3.05, 3.63) is 59.8 Å². The number of benzene rings is 1. The maximum Gasteiger partial charge on any atom is 0.0874 e. The summed E-state index contributed by atoms with van der Waals surface area (Å²) in [5, 5.41) is 1.82. The second-order valence-corrected chi connectivity index (χ2v) is 7.89. The Morgan fingerprint density at radius 3 is 2.68 bits per heavy atom. The average Bonchev–Trinajstić information content (AvgIpc) is 3.23. The van der Waals surface area contributed by atoms with Crippen LogP contribution in [-0.2, 0) is 4.74 Å². The zero-order valence-electron chi connectivity index (χ0n) is 18.0. The molecule has 4 rings (SSSR count). The van der Waals surface area contributed by atoms with Crippen LogP contribution in [0.2, 0.25) is 0 Å². The zero-order valence-corrected chi connectivity index (χ0v) is 18.0. The van der Waals surface area contributed by atoms with E-state index in [0.717, 1.165) is 68.0 Å². The summed E-state index contributed by atoms with van der Waals surface area (Å²) in [6.07, 6.45) is 17.6. The summed E-state index contributed by atoms with van der Waals surface area (Å²) < 4.78 is 6.10. The van der Waals surface area contributed by atoms with E-state index >= 15 is 0 Å². The molecule has 7 heteroatoms. The van der Waals surface area contributed by atoms with Crippen molar-refractivity contribution in [3.63, 3.8) is 0 Å². The van der Waals surface area contributed by atoms with Gasteiger partial charge in [0.2, 0.25) is 0 Å². The first-order valence-corrected chi connectivity index (χ1v) is 10.9. The fraction of sp³-hybridized carbons (Fsp3) is 0.375. The molecule has 1 aromatic carbocycles. The molecular formula is C24H30N6O. The number of aliphatic imine (C=N–C) groups is 3. The Labute approximate surface area is 184 Å². The molecule has 0 aliphatic carbocycles. The summed E-state index contributed by atoms with van der Waals surface area (Å²) in [5.41, 5.74) is 10.3. The number of nitrogens with one attached hydrogen (secondary N) is 2. The fourth-order valence-electron chi connectivity index (χ4n) is 3.99. The van der Waals surface area contributed by atoms with Crippen LogP contribution in [0, 0.1) is 0 Å². The number of para-hydroxylation sites is 2. The van der Waals surface area contributed by atoms with Crippen LogP contribution in [-0.4, -0.2) is 56.1 Å². The summed E-state index contributed by atoms with van der Waals surface area (Å²) >= 11 is 0. The van der Waals surface area contributed by atoms with E-state index in [9.17, 15) is 0 Å². The first kappa shape index (κ1) is 21.2. The number of fused-ring (bicyclic) bond motifs is 1. The highest BCUT2D eigenvalue weighted by atomic mass is 16.5. The largest absolute Gasteiger partial charge is 0.375 e. The van der Waals surface area contributed by atoms with Gasteiger partial charge in [-0.15, -0.1) is 5.12 Å². The molecule has 0 aromatic heterocycles. The van der Waals surface area contributed by atoms with Gasteiger partial charge in [0.15, 0.2) is 0 Å². The highest BCUT2D eigenvalue weighted by Crippen LogP contribution is 2.32. The molecular weight excluding hydrogens is 388 g/mol. The van der Waals surface area contributed by atoms with Gasteiger partial charge in [0.25, 0.3) is 0 Å². The van der Waals surface area contributed by atoms with E-state index in [-0.39, 0.29) is 5.60 Å². The molecule has 162 valence electrons. The van der Waals surface area contributed by atoms with Crippen molar-refractivity contribution in [1.82, 2.24) is 10.5 Å². The minimum atomic E-state index is -0.0621. The molecule has 0 amide bonds. The van der Waals surface area contributed by atoms with Crippen molar-refractivity contribution in [2.24, 2.45) is 15.0 Å². The van der Waals surface area contributed by atoms with Gasteiger partial charge >= 0.3 is 0 Å². The topological polar surface area (TPSA) is 73.6 Å². The van der Waals surface area contributed by atoms with Crippen LogP contribution in [0.4, 0.5) is 11.4 Å². The second kappa shape index (κ2) is 10.3. The normalized spacial score (nSPS) is 29.3. The first-order valence-electron chi connectivity index (χ1n) is 10.9. The molecule has 3 aliphatic rings. The highest BCUT2D eigenvalue weighted by molar-refractivity contribution is 5.87. The Morgan fingerprint density at radius 1 is 0.968 bits per heavy atom. The van der Waals surface area contributed by atoms with E-state index < -0.39 is 0 Å². The maximum atomic E-state index is 6.10. The third-order valence-electron chi connectivity index (χ3n) is 5.63. The minimum Gasteiger partial charge on any atom is -0.375 e. The van der Waals surface area contributed by atoms with Crippen LogP contribution in [0.5, 0.6) is 0 Å². The highest BCUT2D eigenvalue weighted by Gasteiger charge is 2.33. The minimum absolute atomic E-state index is 0.0621. The Hall–Kier alpha value is -3.03. The average molecular weight is 419 g/mol. The van der Waals surface area contributed by atoms with E-state index in [2.05, 4.69) is 20.8 Å². The molecule has 31 heavy (non-hydrogen) atoms. The molecule has 1 unspecified atom stereocenters. The van der Waals surface area contributed by atoms with Gasteiger partial charge < -0.3 is 10.2 Å².